The van der Waals surface area contributed by atoms with E-state index in [1.807, 2.05) is 49.5 Å². The number of aromatic nitrogens is 2. The third-order valence-corrected chi connectivity index (χ3v) is 5.76. The molecule has 2 N–H and O–H groups in total. The zero-order chi connectivity index (χ0) is 22.0. The van der Waals surface area contributed by atoms with E-state index in [2.05, 4.69) is 25.3 Å². The molecule has 2 aromatic rings. The third kappa shape index (κ3) is 4.81. The molecule has 2 heterocycles. The topological polar surface area (TPSA) is 62.9 Å². The van der Waals surface area contributed by atoms with Gasteiger partial charge in [0.15, 0.2) is 0 Å². The summed E-state index contributed by atoms with van der Waals surface area (Å²) >= 11 is 0. The van der Waals surface area contributed by atoms with Gasteiger partial charge in [-0.2, -0.15) is 9.61 Å². The maximum Gasteiger partial charge on any atom is 0.227 e. The van der Waals surface area contributed by atoms with Crippen LogP contribution >= 0.6 is 0 Å². The van der Waals surface area contributed by atoms with Crippen LogP contribution in [0.2, 0.25) is 0 Å². The van der Waals surface area contributed by atoms with Gasteiger partial charge in [-0.25, -0.2) is 0 Å². The van der Waals surface area contributed by atoms with Crippen molar-refractivity contribution in [2.24, 2.45) is 11.7 Å². The fourth-order valence-corrected chi connectivity index (χ4v) is 3.79. The first-order valence-electron chi connectivity index (χ1n) is 10.9. The van der Waals surface area contributed by atoms with E-state index in [9.17, 15) is 0 Å². The average Bonchev–Trinajstić information content (AvgIpc) is 3.37. The number of aryl methyl sites for hydroxylation is 2. The molecule has 0 radical (unpaired) electrons. The van der Waals surface area contributed by atoms with Crippen LogP contribution in [0.4, 0.5) is 0 Å². The van der Waals surface area contributed by atoms with Crippen LogP contribution < -0.4 is 5.73 Å². The lowest BCUT2D eigenvalue weighted by Crippen LogP contribution is -2.26. The Morgan fingerprint density at radius 2 is 2.00 bits per heavy atom. The van der Waals surface area contributed by atoms with Crippen LogP contribution in [0.3, 0.4) is 0 Å². The summed E-state index contributed by atoms with van der Waals surface area (Å²) in [7, 11) is 3.94. The first-order chi connectivity index (χ1) is 14.2. The molecular weight excluding hydrogens is 374 g/mol. The molecule has 30 heavy (non-hydrogen) atoms. The van der Waals surface area contributed by atoms with Crippen molar-refractivity contribution in [3.63, 3.8) is 0 Å². The third-order valence-electron chi connectivity index (χ3n) is 5.76. The van der Waals surface area contributed by atoms with Gasteiger partial charge in [0.2, 0.25) is 5.71 Å². The molecule has 0 amide bonds. The number of likely N-dealkylation sites (N-methyl/N-ethyl adjacent to an activating group) is 1. The number of allylic oxidation sites excluding steroid dienone is 4. The highest BCUT2D eigenvalue weighted by Gasteiger charge is 2.27. The minimum absolute atomic E-state index is 0.722. The Morgan fingerprint density at radius 1 is 1.30 bits per heavy atom. The van der Waals surface area contributed by atoms with E-state index in [0.717, 1.165) is 65.3 Å². The van der Waals surface area contributed by atoms with E-state index in [-0.39, 0.29) is 0 Å². The van der Waals surface area contributed by atoms with E-state index in [1.165, 1.54) is 24.9 Å². The lowest BCUT2D eigenvalue weighted by atomic mass is 10.1. The molecule has 1 aliphatic carbocycles. The molecule has 6 nitrogen and oxygen atoms in total. The molecule has 1 fully saturated rings. The monoisotopic (exact) mass is 411 g/mol. The zero-order valence-electron chi connectivity index (χ0n) is 19.5. The molecule has 1 aliphatic rings. The summed E-state index contributed by atoms with van der Waals surface area (Å²) in [6.07, 6.45) is 7.85. The maximum atomic E-state index is 6.27. The van der Waals surface area contributed by atoms with Gasteiger partial charge in [-0.1, -0.05) is 13.5 Å². The number of nitrogens with two attached hydrogens (primary N) is 1. The minimum atomic E-state index is 0.722. The van der Waals surface area contributed by atoms with Gasteiger partial charge in [0.05, 0.1) is 11.3 Å². The van der Waals surface area contributed by atoms with Crippen LogP contribution in [0.5, 0.6) is 0 Å². The second-order valence-electron chi connectivity index (χ2n) is 8.78. The SMILES string of the molecule is C=C(/C=C\C(=C(\C)N)c1c(C)oc2c(CN(CCC)CC3CC3)c(C)nn12)N(C)C. The smallest absolute Gasteiger partial charge is 0.227 e. The first kappa shape index (κ1) is 22.2. The Kier molecular flexibility index (Phi) is 6.76. The summed E-state index contributed by atoms with van der Waals surface area (Å²) in [5, 5.41) is 4.85. The fourth-order valence-electron chi connectivity index (χ4n) is 3.79. The van der Waals surface area contributed by atoms with Gasteiger partial charge in [-0.3, -0.25) is 4.90 Å². The maximum absolute atomic E-state index is 6.27. The van der Waals surface area contributed by atoms with Gasteiger partial charge in [0, 0.05) is 44.2 Å². The van der Waals surface area contributed by atoms with Crippen molar-refractivity contribution >= 4 is 11.3 Å². The second kappa shape index (κ2) is 9.13. The Hall–Kier alpha value is -2.47. The van der Waals surface area contributed by atoms with Crippen LogP contribution in [-0.2, 0) is 6.54 Å². The van der Waals surface area contributed by atoms with Crippen molar-refractivity contribution in [3.8, 4) is 0 Å². The summed E-state index contributed by atoms with van der Waals surface area (Å²) < 4.78 is 8.18. The van der Waals surface area contributed by atoms with Crippen LogP contribution in [0.25, 0.3) is 11.3 Å². The lowest BCUT2D eigenvalue weighted by Gasteiger charge is -2.20. The first-order valence-corrected chi connectivity index (χ1v) is 10.9. The number of rotatable bonds is 10. The highest BCUT2D eigenvalue weighted by atomic mass is 16.4. The molecule has 0 atom stereocenters. The molecule has 0 aliphatic heterocycles. The molecule has 164 valence electrons. The summed E-state index contributed by atoms with van der Waals surface area (Å²) in [5.74, 6) is 1.68. The molecule has 0 unspecified atom stereocenters. The van der Waals surface area contributed by atoms with Crippen molar-refractivity contribution < 1.29 is 4.42 Å². The highest BCUT2D eigenvalue weighted by molar-refractivity contribution is 5.77. The summed E-state index contributed by atoms with van der Waals surface area (Å²) in [4.78, 5) is 4.52. The number of nitrogens with zero attached hydrogens (tertiary/aromatic N) is 4. The van der Waals surface area contributed by atoms with Crippen LogP contribution in [0.15, 0.2) is 34.5 Å². The largest absolute Gasteiger partial charge is 0.441 e. The molecule has 0 saturated heterocycles. The standard InChI is InChI=1S/C24H37N5O/c1-8-13-28(14-20-10-11-20)15-22-18(4)26-29-23(19(5)30-24(22)29)21(17(3)25)12-9-16(2)27(6)7/h9,12,20H,2,8,10-11,13-15,25H2,1,3-7H3/b12-9-,21-17+. The average molecular weight is 412 g/mol. The highest BCUT2D eigenvalue weighted by Crippen LogP contribution is 2.32. The van der Waals surface area contributed by atoms with E-state index < -0.39 is 0 Å². The number of oxazole rings is 1. The Morgan fingerprint density at radius 3 is 2.57 bits per heavy atom. The Balaban J connectivity index is 1.99. The molecule has 2 aromatic heterocycles. The molecule has 1 saturated carbocycles. The van der Waals surface area contributed by atoms with Gasteiger partial charge in [0.1, 0.15) is 11.5 Å². The van der Waals surface area contributed by atoms with Crippen molar-refractivity contribution in [2.75, 3.05) is 27.2 Å². The van der Waals surface area contributed by atoms with E-state index in [0.29, 0.717) is 0 Å². The minimum Gasteiger partial charge on any atom is -0.441 e. The Bertz CT molecular complexity index is 968. The lowest BCUT2D eigenvalue weighted by molar-refractivity contribution is 0.254. The van der Waals surface area contributed by atoms with Crippen molar-refractivity contribution in [1.82, 2.24) is 19.4 Å². The van der Waals surface area contributed by atoms with E-state index in [1.54, 1.807) is 0 Å². The van der Waals surface area contributed by atoms with Crippen LogP contribution in [0.1, 0.15) is 55.8 Å². The second-order valence-corrected chi connectivity index (χ2v) is 8.78. The van der Waals surface area contributed by atoms with E-state index >= 15 is 0 Å². The van der Waals surface area contributed by atoms with Gasteiger partial charge < -0.3 is 15.1 Å². The van der Waals surface area contributed by atoms with Crippen molar-refractivity contribution in [2.45, 2.75) is 53.5 Å². The molecule has 0 aromatic carbocycles. The molecule has 0 bridgehead atoms. The predicted octanol–water partition coefficient (Wildman–Crippen LogP) is 4.49. The van der Waals surface area contributed by atoms with Gasteiger partial charge in [0.25, 0.3) is 0 Å². The van der Waals surface area contributed by atoms with Gasteiger partial charge in [-0.05, 0) is 64.6 Å². The molecule has 6 heteroatoms. The number of hydrogen-bond donors (Lipinski definition) is 1. The normalized spacial score (nSPS) is 15.4. The quantitative estimate of drug-likeness (QED) is 0.584. The van der Waals surface area contributed by atoms with E-state index in [4.69, 9.17) is 15.2 Å². The number of fused-ring (bicyclic) bond motifs is 1. The van der Waals surface area contributed by atoms with Crippen LogP contribution in [0, 0.1) is 19.8 Å². The van der Waals surface area contributed by atoms with Gasteiger partial charge >= 0.3 is 0 Å². The Labute approximate surface area is 180 Å². The summed E-state index contributed by atoms with van der Waals surface area (Å²) in [6.45, 7) is 15.4. The van der Waals surface area contributed by atoms with Crippen molar-refractivity contribution in [1.29, 1.82) is 0 Å². The summed E-state index contributed by atoms with van der Waals surface area (Å²) in [5.41, 5.74) is 12.7. The number of hydrogen-bond acceptors (Lipinski definition) is 5. The van der Waals surface area contributed by atoms with Crippen LogP contribution in [-0.4, -0.2) is 46.6 Å². The molecule has 0 spiro atoms. The molecule has 3 rings (SSSR count). The zero-order valence-corrected chi connectivity index (χ0v) is 19.5. The fraction of sp³-hybridized carbons (Fsp3) is 0.542. The predicted molar refractivity (Wildman–Crippen MR) is 124 cm³/mol. The van der Waals surface area contributed by atoms with Crippen molar-refractivity contribution in [3.05, 3.63) is 52.8 Å². The summed E-state index contributed by atoms with van der Waals surface area (Å²) in [6, 6.07) is 0. The molecular formula is C24H37N5O. The van der Waals surface area contributed by atoms with Gasteiger partial charge in [-0.15, -0.1) is 0 Å².